The molecule has 98 valence electrons. The van der Waals surface area contributed by atoms with Crippen LogP contribution < -0.4 is 0 Å². The summed E-state index contributed by atoms with van der Waals surface area (Å²) >= 11 is 3.37. The lowest BCUT2D eigenvalue weighted by molar-refractivity contribution is 0.131. The predicted octanol–water partition coefficient (Wildman–Crippen LogP) is 4.28. The minimum atomic E-state index is -0.631. The average molecular weight is 326 g/mol. The molecule has 0 spiro atoms. The Bertz CT molecular complexity index is 581. The number of nitrogens with zero attached hydrogens (tertiary/aromatic N) is 1. The van der Waals surface area contributed by atoms with Crippen LogP contribution in [0.5, 0.6) is 0 Å². The van der Waals surface area contributed by atoms with Crippen molar-refractivity contribution in [1.29, 1.82) is 0 Å². The van der Waals surface area contributed by atoms with E-state index < -0.39 is 11.6 Å². The van der Waals surface area contributed by atoms with Gasteiger partial charge in [-0.05, 0) is 23.8 Å². The largest absolute Gasteiger partial charge is 0.391 e. The van der Waals surface area contributed by atoms with Gasteiger partial charge in [0.05, 0.1) is 6.21 Å². The van der Waals surface area contributed by atoms with E-state index in [1.165, 1.54) is 18.3 Å². The first kappa shape index (κ1) is 13.7. The molecule has 0 aliphatic rings. The molecule has 0 unspecified atom stereocenters. The fourth-order valence-electron chi connectivity index (χ4n) is 1.48. The van der Waals surface area contributed by atoms with E-state index in [-0.39, 0.29) is 6.61 Å². The summed E-state index contributed by atoms with van der Waals surface area (Å²) in [6.45, 7) is 0.00956. The van der Waals surface area contributed by atoms with Crippen LogP contribution in [0.25, 0.3) is 0 Å². The highest BCUT2D eigenvalue weighted by atomic mass is 79.9. The molecule has 0 heterocycles. The molecule has 0 saturated carbocycles. The van der Waals surface area contributed by atoms with Gasteiger partial charge in [0.15, 0.2) is 0 Å². The van der Waals surface area contributed by atoms with Crippen molar-refractivity contribution in [2.75, 3.05) is 0 Å². The summed E-state index contributed by atoms with van der Waals surface area (Å²) in [5.74, 6) is -1.26. The summed E-state index contributed by atoms with van der Waals surface area (Å²) in [5, 5.41) is 3.76. The van der Waals surface area contributed by atoms with Crippen LogP contribution in [-0.4, -0.2) is 6.21 Å². The van der Waals surface area contributed by atoms with Gasteiger partial charge in [-0.1, -0.05) is 39.3 Å². The first-order valence-corrected chi connectivity index (χ1v) is 6.29. The second-order valence-electron chi connectivity index (χ2n) is 3.81. The molecule has 0 saturated heterocycles. The monoisotopic (exact) mass is 325 g/mol. The summed E-state index contributed by atoms with van der Waals surface area (Å²) < 4.78 is 26.7. The molecule has 0 fully saturated rings. The minimum absolute atomic E-state index is 0.00956. The van der Waals surface area contributed by atoms with Gasteiger partial charge < -0.3 is 4.84 Å². The van der Waals surface area contributed by atoms with E-state index in [1.54, 1.807) is 0 Å². The number of oxime groups is 1. The van der Waals surface area contributed by atoms with Gasteiger partial charge in [0.2, 0.25) is 0 Å². The van der Waals surface area contributed by atoms with Gasteiger partial charge in [-0.3, -0.25) is 0 Å². The topological polar surface area (TPSA) is 21.6 Å². The maximum atomic E-state index is 12.9. The number of hydrogen-bond acceptors (Lipinski definition) is 2. The zero-order valence-corrected chi connectivity index (χ0v) is 11.4. The number of halogens is 3. The zero-order chi connectivity index (χ0) is 13.7. The van der Waals surface area contributed by atoms with Crippen molar-refractivity contribution in [2.45, 2.75) is 6.61 Å². The van der Waals surface area contributed by atoms with Gasteiger partial charge in [0.1, 0.15) is 18.2 Å². The second-order valence-corrected chi connectivity index (χ2v) is 4.66. The van der Waals surface area contributed by atoms with Crippen LogP contribution in [0.1, 0.15) is 11.1 Å². The van der Waals surface area contributed by atoms with E-state index in [1.807, 2.05) is 24.3 Å². The molecule has 0 radical (unpaired) electrons. The fraction of sp³-hybridized carbons (Fsp3) is 0.0714. The third-order valence-electron chi connectivity index (χ3n) is 2.33. The second kappa shape index (κ2) is 6.43. The third-order valence-corrected chi connectivity index (χ3v) is 3.05. The van der Waals surface area contributed by atoms with Crippen LogP contribution in [0.2, 0.25) is 0 Å². The Kier molecular flexibility index (Phi) is 4.63. The molecule has 0 N–H and O–H groups in total. The van der Waals surface area contributed by atoms with Crippen LogP contribution in [-0.2, 0) is 11.4 Å². The van der Waals surface area contributed by atoms with E-state index in [9.17, 15) is 8.78 Å². The highest BCUT2D eigenvalue weighted by Crippen LogP contribution is 2.14. The molecule has 0 atom stereocenters. The van der Waals surface area contributed by atoms with Gasteiger partial charge >= 0.3 is 0 Å². The molecule has 0 bridgehead atoms. The third kappa shape index (κ3) is 4.13. The lowest BCUT2D eigenvalue weighted by Gasteiger charge is -2.01. The number of benzene rings is 2. The van der Waals surface area contributed by atoms with Crippen molar-refractivity contribution >= 4 is 22.1 Å². The van der Waals surface area contributed by atoms with E-state index in [2.05, 4.69) is 21.1 Å². The molecule has 0 aliphatic heterocycles. The molecule has 2 nitrogen and oxygen atoms in total. The lowest BCUT2D eigenvalue weighted by Crippen LogP contribution is -1.91. The number of rotatable bonds is 4. The lowest BCUT2D eigenvalue weighted by atomic mass is 10.2. The van der Waals surface area contributed by atoms with Crippen molar-refractivity contribution in [1.82, 2.24) is 0 Å². The number of hydrogen-bond donors (Lipinski definition) is 0. The van der Waals surface area contributed by atoms with Crippen LogP contribution in [0, 0.1) is 11.6 Å². The molecule has 5 heteroatoms. The van der Waals surface area contributed by atoms with Crippen molar-refractivity contribution in [2.24, 2.45) is 5.16 Å². The molecule has 0 aliphatic carbocycles. The first-order valence-electron chi connectivity index (χ1n) is 5.50. The fourth-order valence-corrected chi connectivity index (χ4v) is 1.87. The zero-order valence-electron chi connectivity index (χ0n) is 9.82. The first-order chi connectivity index (χ1) is 9.15. The highest BCUT2D eigenvalue weighted by Gasteiger charge is 2.00. The Balaban J connectivity index is 1.95. The normalized spacial score (nSPS) is 10.9. The highest BCUT2D eigenvalue weighted by molar-refractivity contribution is 9.10. The summed E-state index contributed by atoms with van der Waals surface area (Å²) in [6.07, 6.45) is 1.53. The van der Waals surface area contributed by atoms with Crippen LogP contribution in [0.3, 0.4) is 0 Å². The van der Waals surface area contributed by atoms with E-state index in [4.69, 9.17) is 4.84 Å². The maximum absolute atomic E-state index is 12.9. The molecule has 19 heavy (non-hydrogen) atoms. The SMILES string of the molecule is Fc1cc(F)cc(CON=Cc2ccccc2Br)c1. The predicted molar refractivity (Wildman–Crippen MR) is 72.9 cm³/mol. The summed E-state index contributed by atoms with van der Waals surface area (Å²) in [5.41, 5.74) is 1.25. The Morgan fingerprint density at radius 3 is 2.47 bits per heavy atom. The van der Waals surface area contributed by atoms with Crippen molar-refractivity contribution in [3.05, 3.63) is 69.7 Å². The molecule has 0 aromatic heterocycles. The minimum Gasteiger partial charge on any atom is -0.391 e. The van der Waals surface area contributed by atoms with Crippen molar-refractivity contribution in [3.8, 4) is 0 Å². The molecule has 2 aromatic carbocycles. The molecular formula is C14H10BrF2NO. The standard InChI is InChI=1S/C14H10BrF2NO/c15-14-4-2-1-3-11(14)8-18-19-9-10-5-12(16)7-13(17)6-10/h1-8H,9H2. The molecule has 2 aromatic rings. The van der Waals surface area contributed by atoms with Gasteiger partial charge in [0, 0.05) is 16.1 Å². The van der Waals surface area contributed by atoms with E-state index in [0.717, 1.165) is 16.1 Å². The Labute approximate surface area is 117 Å². The summed E-state index contributed by atoms with van der Waals surface area (Å²) in [7, 11) is 0. The molecule has 2 rings (SSSR count). The quantitative estimate of drug-likeness (QED) is 0.607. The smallest absolute Gasteiger partial charge is 0.142 e. The van der Waals surface area contributed by atoms with Gasteiger partial charge in [-0.15, -0.1) is 0 Å². The van der Waals surface area contributed by atoms with Crippen molar-refractivity contribution < 1.29 is 13.6 Å². The van der Waals surface area contributed by atoms with Gasteiger partial charge in [-0.25, -0.2) is 8.78 Å². The molecular weight excluding hydrogens is 316 g/mol. The average Bonchev–Trinajstić information content (AvgIpc) is 2.35. The van der Waals surface area contributed by atoms with Crippen molar-refractivity contribution in [3.63, 3.8) is 0 Å². The van der Waals surface area contributed by atoms with Gasteiger partial charge in [-0.2, -0.15) is 0 Å². The van der Waals surface area contributed by atoms with E-state index in [0.29, 0.717) is 5.56 Å². The van der Waals surface area contributed by atoms with E-state index >= 15 is 0 Å². The molecule has 0 amide bonds. The summed E-state index contributed by atoms with van der Waals surface area (Å²) in [4.78, 5) is 5.00. The van der Waals surface area contributed by atoms with Crippen LogP contribution in [0.15, 0.2) is 52.1 Å². The Hall–Kier alpha value is -1.75. The van der Waals surface area contributed by atoms with Crippen LogP contribution >= 0.6 is 15.9 Å². The Morgan fingerprint density at radius 2 is 1.79 bits per heavy atom. The van der Waals surface area contributed by atoms with Crippen LogP contribution in [0.4, 0.5) is 8.78 Å². The maximum Gasteiger partial charge on any atom is 0.142 e. The van der Waals surface area contributed by atoms with Gasteiger partial charge in [0.25, 0.3) is 0 Å². The summed E-state index contributed by atoms with van der Waals surface area (Å²) in [6, 6.07) is 10.7. The Morgan fingerprint density at radius 1 is 1.11 bits per heavy atom.